The molecule has 0 amide bonds. The highest BCUT2D eigenvalue weighted by Gasteiger charge is 2.25. The molecule has 0 atom stereocenters. The van der Waals surface area contributed by atoms with Gasteiger partial charge in [0.15, 0.2) is 5.76 Å². The number of carbonyl (C=O) groups is 1. The zero-order valence-electron chi connectivity index (χ0n) is 12.2. The average molecular weight is 273 g/mol. The molecule has 4 heteroatoms. The SMILES string of the molecule is CC(C)c1ccc(-c2noc(C(C)C)c2C(=O)O)cc1. The van der Waals surface area contributed by atoms with E-state index in [0.29, 0.717) is 17.4 Å². The minimum Gasteiger partial charge on any atom is -0.477 e. The van der Waals surface area contributed by atoms with E-state index in [4.69, 9.17) is 4.52 Å². The summed E-state index contributed by atoms with van der Waals surface area (Å²) in [6, 6.07) is 7.78. The smallest absolute Gasteiger partial charge is 0.341 e. The van der Waals surface area contributed by atoms with Crippen molar-refractivity contribution in [2.75, 3.05) is 0 Å². The maximum atomic E-state index is 11.5. The Hall–Kier alpha value is -2.10. The van der Waals surface area contributed by atoms with E-state index in [0.717, 1.165) is 5.56 Å². The highest BCUT2D eigenvalue weighted by atomic mass is 16.5. The van der Waals surface area contributed by atoms with Crippen LogP contribution in [0.4, 0.5) is 0 Å². The normalized spacial score (nSPS) is 11.3. The van der Waals surface area contributed by atoms with Gasteiger partial charge in [-0.2, -0.15) is 0 Å². The van der Waals surface area contributed by atoms with Crippen LogP contribution in [0.15, 0.2) is 28.8 Å². The minimum atomic E-state index is -1.00. The number of rotatable bonds is 4. The number of hydrogen-bond acceptors (Lipinski definition) is 3. The third kappa shape index (κ3) is 2.59. The highest BCUT2D eigenvalue weighted by molar-refractivity contribution is 5.96. The molecule has 0 aliphatic heterocycles. The first-order valence-electron chi connectivity index (χ1n) is 6.75. The van der Waals surface area contributed by atoms with E-state index < -0.39 is 5.97 Å². The number of aromatic carboxylic acids is 1. The van der Waals surface area contributed by atoms with E-state index in [1.54, 1.807) is 0 Å². The number of carboxylic acid groups (broad SMARTS) is 1. The Morgan fingerprint density at radius 2 is 1.70 bits per heavy atom. The molecule has 0 bridgehead atoms. The van der Waals surface area contributed by atoms with E-state index in [-0.39, 0.29) is 11.5 Å². The maximum Gasteiger partial charge on any atom is 0.341 e. The Bertz CT molecular complexity index is 609. The van der Waals surface area contributed by atoms with E-state index in [1.807, 2.05) is 38.1 Å². The monoisotopic (exact) mass is 273 g/mol. The molecular formula is C16H19NO3. The molecule has 0 spiro atoms. The third-order valence-corrected chi connectivity index (χ3v) is 3.31. The summed E-state index contributed by atoms with van der Waals surface area (Å²) in [6.45, 7) is 8.01. The molecule has 1 heterocycles. The van der Waals surface area contributed by atoms with Gasteiger partial charge in [0.25, 0.3) is 0 Å². The fourth-order valence-electron chi connectivity index (χ4n) is 2.13. The van der Waals surface area contributed by atoms with Gasteiger partial charge in [-0.25, -0.2) is 4.79 Å². The molecule has 20 heavy (non-hydrogen) atoms. The van der Waals surface area contributed by atoms with Crippen LogP contribution in [0.3, 0.4) is 0 Å². The summed E-state index contributed by atoms with van der Waals surface area (Å²) in [4.78, 5) is 11.5. The lowest BCUT2D eigenvalue weighted by atomic mass is 9.98. The van der Waals surface area contributed by atoms with Crippen molar-refractivity contribution in [3.8, 4) is 11.3 Å². The van der Waals surface area contributed by atoms with E-state index in [1.165, 1.54) is 5.56 Å². The molecule has 2 rings (SSSR count). The van der Waals surface area contributed by atoms with Crippen molar-refractivity contribution < 1.29 is 14.4 Å². The first-order valence-corrected chi connectivity index (χ1v) is 6.75. The number of nitrogens with zero attached hydrogens (tertiary/aromatic N) is 1. The van der Waals surface area contributed by atoms with Crippen LogP contribution in [0.5, 0.6) is 0 Å². The van der Waals surface area contributed by atoms with Crippen LogP contribution in [0.1, 0.15) is 61.2 Å². The predicted molar refractivity (Wildman–Crippen MR) is 77.1 cm³/mol. The first-order chi connectivity index (χ1) is 9.41. The molecule has 0 saturated carbocycles. The van der Waals surface area contributed by atoms with Crippen LogP contribution in [0.25, 0.3) is 11.3 Å². The number of carboxylic acids is 1. The van der Waals surface area contributed by atoms with Gasteiger partial charge < -0.3 is 9.63 Å². The zero-order chi connectivity index (χ0) is 14.9. The molecule has 0 radical (unpaired) electrons. The molecule has 0 aliphatic rings. The fourth-order valence-corrected chi connectivity index (χ4v) is 2.13. The lowest BCUT2D eigenvalue weighted by molar-refractivity contribution is 0.0694. The van der Waals surface area contributed by atoms with Crippen molar-refractivity contribution in [3.05, 3.63) is 41.2 Å². The van der Waals surface area contributed by atoms with Crippen molar-refractivity contribution >= 4 is 5.97 Å². The Balaban J connectivity index is 2.50. The lowest BCUT2D eigenvalue weighted by Crippen LogP contribution is -2.02. The lowest BCUT2D eigenvalue weighted by Gasteiger charge is -2.06. The highest BCUT2D eigenvalue weighted by Crippen LogP contribution is 2.30. The van der Waals surface area contributed by atoms with Gasteiger partial charge in [0.2, 0.25) is 0 Å². The fraction of sp³-hybridized carbons (Fsp3) is 0.375. The van der Waals surface area contributed by atoms with Gasteiger partial charge >= 0.3 is 5.97 Å². The zero-order valence-corrected chi connectivity index (χ0v) is 12.2. The molecule has 1 aromatic heterocycles. The summed E-state index contributed by atoms with van der Waals surface area (Å²) in [7, 11) is 0. The molecule has 1 aromatic carbocycles. The number of aromatic nitrogens is 1. The Kier molecular flexibility index (Phi) is 3.93. The Morgan fingerprint density at radius 1 is 1.10 bits per heavy atom. The van der Waals surface area contributed by atoms with Gasteiger partial charge in [-0.3, -0.25) is 0 Å². The van der Waals surface area contributed by atoms with Crippen molar-refractivity contribution in [1.29, 1.82) is 0 Å². The van der Waals surface area contributed by atoms with Gasteiger partial charge in [-0.05, 0) is 11.5 Å². The number of hydrogen-bond donors (Lipinski definition) is 1. The minimum absolute atomic E-state index is 0.0164. The van der Waals surface area contributed by atoms with Gasteiger partial charge in [0, 0.05) is 11.5 Å². The van der Waals surface area contributed by atoms with Gasteiger partial charge in [-0.1, -0.05) is 57.1 Å². The van der Waals surface area contributed by atoms with Gasteiger partial charge in [-0.15, -0.1) is 0 Å². The van der Waals surface area contributed by atoms with Crippen LogP contribution in [0.2, 0.25) is 0 Å². The van der Waals surface area contributed by atoms with Crippen LogP contribution < -0.4 is 0 Å². The molecule has 1 N–H and O–H groups in total. The molecule has 4 nitrogen and oxygen atoms in total. The van der Waals surface area contributed by atoms with Crippen LogP contribution >= 0.6 is 0 Å². The first kappa shape index (κ1) is 14.3. The third-order valence-electron chi connectivity index (χ3n) is 3.31. The second kappa shape index (κ2) is 5.49. The van der Waals surface area contributed by atoms with Crippen molar-refractivity contribution in [2.24, 2.45) is 0 Å². The van der Waals surface area contributed by atoms with E-state index in [9.17, 15) is 9.90 Å². The second-order valence-corrected chi connectivity index (χ2v) is 5.51. The van der Waals surface area contributed by atoms with Crippen LogP contribution in [0, 0.1) is 0 Å². The Morgan fingerprint density at radius 3 is 2.15 bits per heavy atom. The van der Waals surface area contributed by atoms with Crippen LogP contribution in [-0.2, 0) is 0 Å². The number of benzene rings is 1. The second-order valence-electron chi connectivity index (χ2n) is 5.51. The standard InChI is InChI=1S/C16H19NO3/c1-9(2)11-5-7-12(8-6-11)14-13(16(18)19)15(10(3)4)20-17-14/h5-10H,1-4H3,(H,18,19). The average Bonchev–Trinajstić information content (AvgIpc) is 2.83. The summed E-state index contributed by atoms with van der Waals surface area (Å²) in [6.07, 6.45) is 0. The topological polar surface area (TPSA) is 63.3 Å². The summed E-state index contributed by atoms with van der Waals surface area (Å²) in [5.41, 5.74) is 2.54. The van der Waals surface area contributed by atoms with Crippen LogP contribution in [-0.4, -0.2) is 16.2 Å². The molecule has 0 unspecified atom stereocenters. The maximum absolute atomic E-state index is 11.5. The van der Waals surface area contributed by atoms with E-state index in [2.05, 4.69) is 19.0 Å². The molecule has 2 aromatic rings. The van der Waals surface area contributed by atoms with Gasteiger partial charge in [0.05, 0.1) is 0 Å². The molecule has 0 saturated heterocycles. The predicted octanol–water partition coefficient (Wildman–Crippen LogP) is 4.29. The summed E-state index contributed by atoms with van der Waals surface area (Å²) in [5.74, 6) is -0.165. The quantitative estimate of drug-likeness (QED) is 0.902. The summed E-state index contributed by atoms with van der Waals surface area (Å²) in [5, 5.41) is 13.3. The van der Waals surface area contributed by atoms with Crippen molar-refractivity contribution in [2.45, 2.75) is 39.5 Å². The van der Waals surface area contributed by atoms with Crippen molar-refractivity contribution in [1.82, 2.24) is 5.16 Å². The van der Waals surface area contributed by atoms with Crippen molar-refractivity contribution in [3.63, 3.8) is 0 Å². The summed E-state index contributed by atoms with van der Waals surface area (Å²) >= 11 is 0. The van der Waals surface area contributed by atoms with Gasteiger partial charge in [0.1, 0.15) is 11.3 Å². The molecule has 0 aliphatic carbocycles. The Labute approximate surface area is 118 Å². The molecule has 0 fully saturated rings. The summed E-state index contributed by atoms with van der Waals surface area (Å²) < 4.78 is 5.22. The van der Waals surface area contributed by atoms with E-state index >= 15 is 0 Å². The largest absolute Gasteiger partial charge is 0.477 e. The molecular weight excluding hydrogens is 254 g/mol. The molecule has 106 valence electrons.